The van der Waals surface area contributed by atoms with Crippen molar-refractivity contribution in [1.82, 2.24) is 5.16 Å². The molecule has 0 unspecified atom stereocenters. The van der Waals surface area contributed by atoms with Gasteiger partial charge < -0.3 is 9.63 Å². The van der Waals surface area contributed by atoms with Crippen LogP contribution in [0.15, 0.2) is 4.52 Å². The Hall–Kier alpha value is -1.65. The molecular formula is C8H9NO4. The van der Waals surface area contributed by atoms with E-state index in [1.165, 1.54) is 6.92 Å². The van der Waals surface area contributed by atoms with Crippen molar-refractivity contribution >= 4 is 11.8 Å². The third kappa shape index (κ3) is 1.58. The van der Waals surface area contributed by atoms with Crippen LogP contribution in [0.3, 0.4) is 0 Å². The molecule has 0 saturated heterocycles. The number of Topliss-reactive ketones (excluding diaryl/α,β-unsaturated/α-hetero) is 1. The Labute approximate surface area is 74.3 Å². The number of carbonyl (C=O) groups is 2. The molecule has 0 saturated carbocycles. The van der Waals surface area contributed by atoms with Gasteiger partial charge in [-0.05, 0) is 0 Å². The number of aromatic nitrogens is 1. The van der Waals surface area contributed by atoms with Gasteiger partial charge in [-0.3, -0.25) is 4.79 Å². The molecule has 0 fully saturated rings. The fourth-order valence-electron chi connectivity index (χ4n) is 1.03. The predicted octanol–water partition coefficient (Wildman–Crippen LogP) is 1.14. The summed E-state index contributed by atoms with van der Waals surface area (Å²) < 4.78 is 4.72. The summed E-state index contributed by atoms with van der Waals surface area (Å²) in [5, 5.41) is 12.2. The average Bonchev–Trinajstić information content (AvgIpc) is 2.46. The molecule has 1 heterocycles. The molecule has 1 aromatic heterocycles. The number of carboxylic acid groups (broad SMARTS) is 1. The maximum absolute atomic E-state index is 10.9. The molecule has 0 aliphatic heterocycles. The smallest absolute Gasteiger partial charge is 0.341 e. The first-order valence-electron chi connectivity index (χ1n) is 3.80. The van der Waals surface area contributed by atoms with Gasteiger partial charge in [0.2, 0.25) is 0 Å². The van der Waals surface area contributed by atoms with Crippen LogP contribution in [0.2, 0.25) is 0 Å². The summed E-state index contributed by atoms with van der Waals surface area (Å²) in [6.07, 6.45) is 0.405. The second-order valence-corrected chi connectivity index (χ2v) is 2.54. The predicted molar refractivity (Wildman–Crippen MR) is 42.8 cm³/mol. The summed E-state index contributed by atoms with van der Waals surface area (Å²) in [5.41, 5.74) is -0.223. The highest BCUT2D eigenvalue weighted by Gasteiger charge is 2.23. The third-order valence-electron chi connectivity index (χ3n) is 1.63. The minimum Gasteiger partial charge on any atom is -0.477 e. The molecule has 0 bridgehead atoms. The molecule has 0 amide bonds. The molecule has 13 heavy (non-hydrogen) atoms. The van der Waals surface area contributed by atoms with Gasteiger partial charge in [0.1, 0.15) is 5.56 Å². The topological polar surface area (TPSA) is 80.4 Å². The summed E-state index contributed by atoms with van der Waals surface area (Å²) in [6, 6.07) is 0. The van der Waals surface area contributed by atoms with Gasteiger partial charge in [0, 0.05) is 13.3 Å². The van der Waals surface area contributed by atoms with Crippen molar-refractivity contribution in [1.29, 1.82) is 0 Å². The van der Waals surface area contributed by atoms with Gasteiger partial charge in [0.15, 0.2) is 17.2 Å². The van der Waals surface area contributed by atoms with Gasteiger partial charge >= 0.3 is 5.97 Å². The molecule has 0 aliphatic carbocycles. The molecule has 0 aliphatic rings. The lowest BCUT2D eigenvalue weighted by molar-refractivity contribution is 0.0690. The third-order valence-corrected chi connectivity index (χ3v) is 1.63. The van der Waals surface area contributed by atoms with Crippen LogP contribution < -0.4 is 0 Å². The Morgan fingerprint density at radius 2 is 2.15 bits per heavy atom. The molecule has 5 heteroatoms. The summed E-state index contributed by atoms with van der Waals surface area (Å²) in [6.45, 7) is 2.99. The second-order valence-electron chi connectivity index (χ2n) is 2.54. The zero-order valence-corrected chi connectivity index (χ0v) is 7.33. The first-order valence-corrected chi connectivity index (χ1v) is 3.80. The van der Waals surface area contributed by atoms with Gasteiger partial charge in [-0.2, -0.15) is 0 Å². The van der Waals surface area contributed by atoms with E-state index < -0.39 is 11.8 Å². The van der Waals surface area contributed by atoms with Gasteiger partial charge in [-0.25, -0.2) is 4.79 Å². The van der Waals surface area contributed by atoms with Crippen molar-refractivity contribution in [3.63, 3.8) is 0 Å². The summed E-state index contributed by atoms with van der Waals surface area (Å²) in [7, 11) is 0. The summed E-state index contributed by atoms with van der Waals surface area (Å²) >= 11 is 0. The SMILES string of the molecule is CCc1onc(C(C)=O)c1C(=O)O. The molecule has 0 aromatic carbocycles. The Kier molecular flexibility index (Phi) is 2.46. The fraction of sp³-hybridized carbons (Fsp3) is 0.375. The number of hydrogen-bond acceptors (Lipinski definition) is 4. The van der Waals surface area contributed by atoms with Gasteiger partial charge in [0.05, 0.1) is 0 Å². The lowest BCUT2D eigenvalue weighted by atomic mass is 10.1. The monoisotopic (exact) mass is 183 g/mol. The van der Waals surface area contributed by atoms with Crippen LogP contribution in [0.25, 0.3) is 0 Å². The molecule has 1 N–H and O–H groups in total. The lowest BCUT2D eigenvalue weighted by Gasteiger charge is -1.92. The Morgan fingerprint density at radius 1 is 1.54 bits per heavy atom. The van der Waals surface area contributed by atoms with Gasteiger partial charge in [-0.1, -0.05) is 12.1 Å². The van der Waals surface area contributed by atoms with E-state index in [-0.39, 0.29) is 17.0 Å². The van der Waals surface area contributed by atoms with E-state index in [1.807, 2.05) is 0 Å². The van der Waals surface area contributed by atoms with Crippen LogP contribution in [0.1, 0.15) is 40.5 Å². The zero-order chi connectivity index (χ0) is 10.0. The number of ketones is 1. The second kappa shape index (κ2) is 3.38. The van der Waals surface area contributed by atoms with Crippen molar-refractivity contribution in [2.24, 2.45) is 0 Å². The molecule has 1 aromatic rings. The normalized spacial score (nSPS) is 10.0. The highest BCUT2D eigenvalue weighted by atomic mass is 16.5. The van der Waals surface area contributed by atoms with Crippen LogP contribution in [0.5, 0.6) is 0 Å². The van der Waals surface area contributed by atoms with E-state index in [4.69, 9.17) is 9.63 Å². The van der Waals surface area contributed by atoms with E-state index in [9.17, 15) is 9.59 Å². The largest absolute Gasteiger partial charge is 0.477 e. The first-order chi connectivity index (χ1) is 6.07. The zero-order valence-electron chi connectivity index (χ0n) is 7.33. The highest BCUT2D eigenvalue weighted by Crippen LogP contribution is 2.15. The average molecular weight is 183 g/mol. The maximum atomic E-state index is 10.9. The quantitative estimate of drug-likeness (QED) is 0.710. The van der Waals surface area contributed by atoms with E-state index in [2.05, 4.69) is 5.16 Å². The van der Waals surface area contributed by atoms with Crippen molar-refractivity contribution in [2.45, 2.75) is 20.3 Å². The van der Waals surface area contributed by atoms with Crippen molar-refractivity contribution in [3.05, 3.63) is 17.0 Å². The molecular weight excluding hydrogens is 174 g/mol. The fourth-order valence-corrected chi connectivity index (χ4v) is 1.03. The number of nitrogens with zero attached hydrogens (tertiary/aromatic N) is 1. The Morgan fingerprint density at radius 3 is 2.54 bits per heavy atom. The molecule has 0 radical (unpaired) electrons. The van der Waals surface area contributed by atoms with E-state index >= 15 is 0 Å². The number of rotatable bonds is 3. The minimum absolute atomic E-state index is 0.107. The van der Waals surface area contributed by atoms with Crippen LogP contribution >= 0.6 is 0 Å². The Bertz CT molecular complexity index is 353. The molecule has 0 spiro atoms. The van der Waals surface area contributed by atoms with Gasteiger partial charge in [-0.15, -0.1) is 0 Å². The Balaban J connectivity index is 3.30. The van der Waals surface area contributed by atoms with E-state index in [1.54, 1.807) is 6.92 Å². The number of aromatic carboxylic acids is 1. The maximum Gasteiger partial charge on any atom is 0.341 e. The van der Waals surface area contributed by atoms with Crippen molar-refractivity contribution < 1.29 is 19.2 Å². The van der Waals surface area contributed by atoms with Crippen molar-refractivity contribution in [2.75, 3.05) is 0 Å². The van der Waals surface area contributed by atoms with E-state index in [0.717, 1.165) is 0 Å². The van der Waals surface area contributed by atoms with Crippen LogP contribution in [0, 0.1) is 0 Å². The van der Waals surface area contributed by atoms with Gasteiger partial charge in [0.25, 0.3) is 0 Å². The van der Waals surface area contributed by atoms with Crippen LogP contribution in [-0.4, -0.2) is 22.0 Å². The summed E-state index contributed by atoms with van der Waals surface area (Å²) in [4.78, 5) is 21.6. The summed E-state index contributed by atoms with van der Waals surface area (Å²) in [5.74, 6) is -1.35. The molecule has 0 atom stereocenters. The number of carboxylic acids is 1. The van der Waals surface area contributed by atoms with Crippen LogP contribution in [-0.2, 0) is 6.42 Å². The number of aryl methyl sites for hydroxylation is 1. The molecule has 1 rings (SSSR count). The standard InChI is InChI=1S/C8H9NO4/c1-3-5-6(8(11)12)7(4(2)10)9-13-5/h3H2,1-2H3,(H,11,12). The lowest BCUT2D eigenvalue weighted by Crippen LogP contribution is -2.06. The number of hydrogen-bond donors (Lipinski definition) is 1. The minimum atomic E-state index is -1.18. The highest BCUT2D eigenvalue weighted by molar-refractivity contribution is 6.03. The molecule has 70 valence electrons. The van der Waals surface area contributed by atoms with E-state index in [0.29, 0.717) is 6.42 Å². The first kappa shape index (κ1) is 9.44. The molecule has 5 nitrogen and oxygen atoms in total. The van der Waals surface area contributed by atoms with Crippen LogP contribution in [0.4, 0.5) is 0 Å². The number of carbonyl (C=O) groups excluding carboxylic acids is 1. The van der Waals surface area contributed by atoms with Crippen molar-refractivity contribution in [3.8, 4) is 0 Å².